The molecule has 0 aliphatic rings. The molecule has 6 nitrogen and oxygen atoms in total. The van der Waals surface area contributed by atoms with Crippen LogP contribution in [0.5, 0.6) is 0 Å². The number of carboxylic acid groups (broad SMARTS) is 1. The summed E-state index contributed by atoms with van der Waals surface area (Å²) in [6, 6.07) is -1.05. The number of hydrogen-bond donors (Lipinski definition) is 3. The summed E-state index contributed by atoms with van der Waals surface area (Å²) in [6.07, 6.45) is 0.211. The molecule has 0 rings (SSSR count). The van der Waals surface area contributed by atoms with Crippen molar-refractivity contribution in [1.29, 1.82) is 0 Å². The van der Waals surface area contributed by atoms with Crippen LogP contribution in [0.4, 0.5) is 0 Å². The molecule has 0 saturated carbocycles. The highest BCUT2D eigenvalue weighted by Crippen LogP contribution is 1.81. The molecule has 0 bridgehead atoms. The molecule has 0 heterocycles. The normalized spacial score (nSPS) is 12.2. The molecule has 1 amide bonds. The summed E-state index contributed by atoms with van der Waals surface area (Å²) in [5, 5.41) is 10.7. The Bertz CT molecular complexity index is 183. The molecule has 0 spiro atoms. The fourth-order valence-corrected chi connectivity index (χ4v) is 0.594. The average molecular weight is 190 g/mol. The summed E-state index contributed by atoms with van der Waals surface area (Å²) in [5.41, 5.74) is 5.15. The Balaban J connectivity index is 3.52. The van der Waals surface area contributed by atoms with Crippen LogP contribution in [0.1, 0.15) is 6.42 Å². The van der Waals surface area contributed by atoms with Gasteiger partial charge in [0.05, 0.1) is 6.61 Å². The van der Waals surface area contributed by atoms with Gasteiger partial charge in [0.25, 0.3) is 0 Å². The van der Waals surface area contributed by atoms with Gasteiger partial charge in [-0.15, -0.1) is 0 Å². The summed E-state index contributed by atoms with van der Waals surface area (Å²) in [4.78, 5) is 21.1. The molecule has 0 fully saturated rings. The molecule has 76 valence electrons. The molecule has 0 radical (unpaired) electrons. The molecule has 1 unspecified atom stereocenters. The third-order valence-corrected chi connectivity index (χ3v) is 1.37. The highest BCUT2D eigenvalue weighted by molar-refractivity contribution is 5.78. The van der Waals surface area contributed by atoms with Gasteiger partial charge in [-0.05, 0) is 0 Å². The number of nitrogens with one attached hydrogen (secondary N) is 1. The standard InChI is InChI=1S/C7H14N2O4/c1-13-3-2-6(10)9-4-5(8)7(11)12/h5H,2-4,8H2,1H3,(H,9,10)(H,11,12). The van der Waals surface area contributed by atoms with Crippen molar-refractivity contribution in [3.63, 3.8) is 0 Å². The van der Waals surface area contributed by atoms with Gasteiger partial charge < -0.3 is 20.9 Å². The molecule has 0 aromatic carbocycles. The number of carbonyl (C=O) groups is 2. The molecule has 0 aromatic rings. The van der Waals surface area contributed by atoms with Crippen molar-refractivity contribution in [3.8, 4) is 0 Å². The number of methoxy groups -OCH3 is 1. The highest BCUT2D eigenvalue weighted by atomic mass is 16.5. The van der Waals surface area contributed by atoms with E-state index in [1.807, 2.05) is 0 Å². The van der Waals surface area contributed by atoms with E-state index in [0.29, 0.717) is 6.61 Å². The van der Waals surface area contributed by atoms with Gasteiger partial charge in [0.1, 0.15) is 6.04 Å². The van der Waals surface area contributed by atoms with Crippen LogP contribution in [0.25, 0.3) is 0 Å². The Morgan fingerprint density at radius 1 is 1.62 bits per heavy atom. The van der Waals surface area contributed by atoms with Gasteiger partial charge in [-0.3, -0.25) is 9.59 Å². The van der Waals surface area contributed by atoms with E-state index in [4.69, 9.17) is 10.8 Å². The molecule has 6 heteroatoms. The second-order valence-electron chi connectivity index (χ2n) is 2.49. The zero-order valence-corrected chi connectivity index (χ0v) is 7.45. The van der Waals surface area contributed by atoms with Crippen LogP contribution >= 0.6 is 0 Å². The molecule has 0 aromatic heterocycles. The maximum absolute atomic E-state index is 10.9. The van der Waals surface area contributed by atoms with Crippen LogP contribution in [0, 0.1) is 0 Å². The quantitative estimate of drug-likeness (QED) is 0.475. The second kappa shape index (κ2) is 6.38. The Hall–Kier alpha value is -1.14. The molecule has 0 saturated heterocycles. The van der Waals surface area contributed by atoms with Crippen LogP contribution in [0.3, 0.4) is 0 Å². The summed E-state index contributed by atoms with van der Waals surface area (Å²) in [7, 11) is 1.48. The van der Waals surface area contributed by atoms with E-state index in [-0.39, 0.29) is 18.9 Å². The summed E-state index contributed by atoms with van der Waals surface area (Å²) >= 11 is 0. The van der Waals surface area contributed by atoms with Crippen molar-refractivity contribution >= 4 is 11.9 Å². The van der Waals surface area contributed by atoms with Gasteiger partial charge >= 0.3 is 5.97 Å². The zero-order valence-electron chi connectivity index (χ0n) is 7.45. The van der Waals surface area contributed by atoms with Gasteiger partial charge in [0.15, 0.2) is 0 Å². The van der Waals surface area contributed by atoms with E-state index in [9.17, 15) is 9.59 Å². The second-order valence-corrected chi connectivity index (χ2v) is 2.49. The predicted octanol–water partition coefficient (Wildman–Crippen LogP) is -1.45. The summed E-state index contributed by atoms with van der Waals surface area (Å²) < 4.78 is 4.66. The van der Waals surface area contributed by atoms with Crippen LogP contribution < -0.4 is 11.1 Å². The first-order valence-electron chi connectivity index (χ1n) is 3.82. The minimum absolute atomic E-state index is 0.0577. The number of carbonyl (C=O) groups excluding carboxylic acids is 1. The Morgan fingerprint density at radius 3 is 2.69 bits per heavy atom. The predicted molar refractivity (Wildman–Crippen MR) is 45.1 cm³/mol. The molecule has 1 atom stereocenters. The Labute approximate surface area is 76.0 Å². The van der Waals surface area contributed by atoms with E-state index < -0.39 is 12.0 Å². The molecular weight excluding hydrogens is 176 g/mol. The Morgan fingerprint density at radius 2 is 2.23 bits per heavy atom. The first kappa shape index (κ1) is 11.9. The first-order valence-corrected chi connectivity index (χ1v) is 3.82. The van der Waals surface area contributed by atoms with Gasteiger partial charge in [0, 0.05) is 20.1 Å². The molecular formula is C7H14N2O4. The van der Waals surface area contributed by atoms with Crippen molar-refractivity contribution in [2.45, 2.75) is 12.5 Å². The summed E-state index contributed by atoms with van der Waals surface area (Å²) in [6.45, 7) is 0.256. The van der Waals surface area contributed by atoms with Crippen LogP contribution in [0.2, 0.25) is 0 Å². The molecule has 13 heavy (non-hydrogen) atoms. The van der Waals surface area contributed by atoms with Crippen LogP contribution in [0.15, 0.2) is 0 Å². The third kappa shape index (κ3) is 6.06. The number of aliphatic carboxylic acids is 1. The third-order valence-electron chi connectivity index (χ3n) is 1.37. The van der Waals surface area contributed by atoms with Crippen molar-refractivity contribution < 1.29 is 19.4 Å². The lowest BCUT2D eigenvalue weighted by atomic mass is 10.3. The molecule has 0 aliphatic carbocycles. The SMILES string of the molecule is COCCC(=O)NCC(N)C(=O)O. The summed E-state index contributed by atoms with van der Waals surface area (Å²) in [5.74, 6) is -1.40. The maximum Gasteiger partial charge on any atom is 0.322 e. The van der Waals surface area contributed by atoms with Gasteiger partial charge in [0.2, 0.25) is 5.91 Å². The lowest BCUT2D eigenvalue weighted by Crippen LogP contribution is -2.42. The molecule has 4 N–H and O–H groups in total. The van der Waals surface area contributed by atoms with Crippen molar-refractivity contribution in [3.05, 3.63) is 0 Å². The minimum Gasteiger partial charge on any atom is -0.480 e. The van der Waals surface area contributed by atoms with Crippen molar-refractivity contribution in [2.24, 2.45) is 5.73 Å². The van der Waals surface area contributed by atoms with Crippen LogP contribution in [-0.2, 0) is 14.3 Å². The van der Waals surface area contributed by atoms with E-state index in [1.54, 1.807) is 0 Å². The minimum atomic E-state index is -1.13. The van der Waals surface area contributed by atoms with E-state index in [0.717, 1.165) is 0 Å². The number of ether oxygens (including phenoxy) is 1. The smallest absolute Gasteiger partial charge is 0.322 e. The fourth-order valence-electron chi connectivity index (χ4n) is 0.594. The largest absolute Gasteiger partial charge is 0.480 e. The van der Waals surface area contributed by atoms with Crippen molar-refractivity contribution in [1.82, 2.24) is 5.32 Å². The topological polar surface area (TPSA) is 102 Å². The maximum atomic E-state index is 10.9. The number of rotatable bonds is 6. The van der Waals surface area contributed by atoms with Gasteiger partial charge in [-0.25, -0.2) is 0 Å². The van der Waals surface area contributed by atoms with E-state index in [2.05, 4.69) is 10.1 Å². The lowest BCUT2D eigenvalue weighted by molar-refractivity contribution is -0.138. The Kier molecular flexibility index (Phi) is 5.82. The monoisotopic (exact) mass is 190 g/mol. The number of nitrogens with two attached hydrogens (primary N) is 1. The molecule has 0 aliphatic heterocycles. The zero-order chi connectivity index (χ0) is 10.3. The van der Waals surface area contributed by atoms with E-state index >= 15 is 0 Å². The van der Waals surface area contributed by atoms with Gasteiger partial charge in [-0.1, -0.05) is 0 Å². The van der Waals surface area contributed by atoms with Crippen LogP contribution in [-0.4, -0.2) is 43.3 Å². The number of hydrogen-bond acceptors (Lipinski definition) is 4. The lowest BCUT2D eigenvalue weighted by Gasteiger charge is -2.07. The fraction of sp³-hybridized carbons (Fsp3) is 0.714. The number of amides is 1. The van der Waals surface area contributed by atoms with Gasteiger partial charge in [-0.2, -0.15) is 0 Å². The average Bonchev–Trinajstić information content (AvgIpc) is 2.10. The van der Waals surface area contributed by atoms with E-state index in [1.165, 1.54) is 7.11 Å². The number of carboxylic acids is 1. The van der Waals surface area contributed by atoms with Crippen molar-refractivity contribution in [2.75, 3.05) is 20.3 Å². The first-order chi connectivity index (χ1) is 6.07. The highest BCUT2D eigenvalue weighted by Gasteiger charge is 2.11.